The number of nitro groups is 1. The van der Waals surface area contributed by atoms with E-state index < -0.39 is 10.7 Å². The summed E-state index contributed by atoms with van der Waals surface area (Å²) in [6, 6.07) is 10.1. The van der Waals surface area contributed by atoms with Gasteiger partial charge in [0.25, 0.3) is 5.69 Å². The minimum atomic E-state index is -0.792. The van der Waals surface area contributed by atoms with Gasteiger partial charge in [0.2, 0.25) is 0 Å². The molecule has 6 heteroatoms. The van der Waals surface area contributed by atoms with Gasteiger partial charge in [-0.2, -0.15) is 0 Å². The van der Waals surface area contributed by atoms with E-state index >= 15 is 0 Å². The van der Waals surface area contributed by atoms with Gasteiger partial charge in [-0.15, -0.1) is 0 Å². The first-order chi connectivity index (χ1) is 9.65. The lowest BCUT2D eigenvalue weighted by Gasteiger charge is -2.07. The maximum atomic E-state index is 13.8. The summed E-state index contributed by atoms with van der Waals surface area (Å²) < 4.78 is 24.4. The number of hydrogen-bond acceptors (Lipinski definition) is 4. The van der Waals surface area contributed by atoms with E-state index in [1.165, 1.54) is 18.4 Å². The first kappa shape index (κ1) is 12.2. The first-order valence-electron chi connectivity index (χ1n) is 5.73. The minimum absolute atomic E-state index is 0.0794. The molecule has 3 rings (SSSR count). The van der Waals surface area contributed by atoms with Crippen LogP contribution in [0.2, 0.25) is 0 Å². The highest BCUT2D eigenvalue weighted by atomic mass is 19.1. The van der Waals surface area contributed by atoms with Crippen molar-refractivity contribution in [1.82, 2.24) is 0 Å². The van der Waals surface area contributed by atoms with Crippen LogP contribution in [0.4, 0.5) is 10.1 Å². The smallest absolute Gasteiger partial charge is 0.272 e. The van der Waals surface area contributed by atoms with Gasteiger partial charge in [0.1, 0.15) is 11.3 Å². The number of non-ortho nitro benzene ring substituents is 1. The summed E-state index contributed by atoms with van der Waals surface area (Å²) in [7, 11) is 0. The van der Waals surface area contributed by atoms with E-state index in [-0.39, 0.29) is 11.4 Å². The number of furan rings is 1. The molecule has 0 amide bonds. The van der Waals surface area contributed by atoms with Crippen molar-refractivity contribution in [3.8, 4) is 11.5 Å². The Hall–Kier alpha value is -2.89. The van der Waals surface area contributed by atoms with Crippen molar-refractivity contribution in [3.63, 3.8) is 0 Å². The number of ether oxygens (including phenoxy) is 1. The molecule has 0 spiro atoms. The Morgan fingerprint density at radius 1 is 1.15 bits per heavy atom. The average Bonchev–Trinajstić information content (AvgIpc) is 2.90. The minimum Gasteiger partial charge on any atom is -0.464 e. The molecule has 0 aliphatic rings. The van der Waals surface area contributed by atoms with Crippen LogP contribution in [0, 0.1) is 15.9 Å². The van der Waals surface area contributed by atoms with E-state index in [0.717, 1.165) is 6.07 Å². The fraction of sp³-hybridized carbons (Fsp3) is 0. The topological polar surface area (TPSA) is 65.5 Å². The van der Waals surface area contributed by atoms with Crippen molar-refractivity contribution in [2.24, 2.45) is 0 Å². The summed E-state index contributed by atoms with van der Waals surface area (Å²) in [5.41, 5.74) is 0.293. The monoisotopic (exact) mass is 273 g/mol. The van der Waals surface area contributed by atoms with E-state index in [1.54, 1.807) is 24.3 Å². The number of rotatable bonds is 3. The predicted molar refractivity (Wildman–Crippen MR) is 69.3 cm³/mol. The van der Waals surface area contributed by atoms with E-state index in [0.29, 0.717) is 16.7 Å². The molecule has 0 aliphatic heterocycles. The number of benzene rings is 2. The first-order valence-corrected chi connectivity index (χ1v) is 5.73. The molecule has 0 radical (unpaired) electrons. The van der Waals surface area contributed by atoms with Crippen molar-refractivity contribution in [2.75, 3.05) is 0 Å². The number of halogens is 1. The molecule has 1 heterocycles. The van der Waals surface area contributed by atoms with Crippen LogP contribution >= 0.6 is 0 Å². The third-order valence-corrected chi connectivity index (χ3v) is 2.80. The van der Waals surface area contributed by atoms with Crippen molar-refractivity contribution < 1.29 is 18.5 Å². The Morgan fingerprint density at radius 3 is 2.75 bits per heavy atom. The lowest BCUT2D eigenvalue weighted by atomic mass is 10.2. The molecule has 100 valence electrons. The maximum absolute atomic E-state index is 13.8. The quantitative estimate of drug-likeness (QED) is 0.528. The van der Waals surface area contributed by atoms with E-state index in [1.807, 2.05) is 0 Å². The van der Waals surface area contributed by atoms with Crippen LogP contribution in [0.25, 0.3) is 11.0 Å². The molecule has 0 bridgehead atoms. The van der Waals surface area contributed by atoms with Gasteiger partial charge in [0.15, 0.2) is 11.6 Å². The second-order valence-corrected chi connectivity index (χ2v) is 4.06. The van der Waals surface area contributed by atoms with E-state index in [4.69, 9.17) is 9.15 Å². The summed E-state index contributed by atoms with van der Waals surface area (Å²) in [6.07, 6.45) is 1.50. The normalized spacial score (nSPS) is 10.7. The maximum Gasteiger partial charge on any atom is 0.272 e. The summed E-state index contributed by atoms with van der Waals surface area (Å²) in [5, 5.41) is 11.2. The molecule has 20 heavy (non-hydrogen) atoms. The summed E-state index contributed by atoms with van der Waals surface area (Å²) in [6.45, 7) is 0. The third kappa shape index (κ3) is 2.07. The zero-order valence-electron chi connectivity index (χ0n) is 10.1. The summed E-state index contributed by atoms with van der Waals surface area (Å²) in [4.78, 5) is 9.89. The molecule has 0 atom stereocenters. The lowest BCUT2D eigenvalue weighted by molar-refractivity contribution is -0.385. The van der Waals surface area contributed by atoms with Gasteiger partial charge in [-0.25, -0.2) is 4.39 Å². The lowest BCUT2D eigenvalue weighted by Crippen LogP contribution is -1.92. The fourth-order valence-electron chi connectivity index (χ4n) is 1.86. The fourth-order valence-corrected chi connectivity index (χ4v) is 1.86. The van der Waals surface area contributed by atoms with Gasteiger partial charge < -0.3 is 9.15 Å². The molecule has 0 N–H and O–H groups in total. The number of nitrogens with zero attached hydrogens (tertiary/aromatic N) is 1. The zero-order chi connectivity index (χ0) is 14.1. The predicted octanol–water partition coefficient (Wildman–Crippen LogP) is 4.27. The highest BCUT2D eigenvalue weighted by Gasteiger charge is 2.13. The SMILES string of the molecule is O=[N+]([O-])c1ccc(Oc2cccc3occc23)c(F)c1. The second kappa shape index (κ2) is 4.65. The van der Waals surface area contributed by atoms with E-state index in [2.05, 4.69) is 0 Å². The van der Waals surface area contributed by atoms with E-state index in [9.17, 15) is 14.5 Å². The molecule has 0 saturated carbocycles. The third-order valence-electron chi connectivity index (χ3n) is 2.80. The molecule has 0 unspecified atom stereocenters. The molecular formula is C14H8FNO4. The van der Waals surface area contributed by atoms with Crippen LogP contribution in [0.5, 0.6) is 11.5 Å². The molecule has 5 nitrogen and oxygen atoms in total. The molecule has 3 aromatic rings. The van der Waals surface area contributed by atoms with Crippen molar-refractivity contribution in [1.29, 1.82) is 0 Å². The molecular weight excluding hydrogens is 265 g/mol. The van der Waals surface area contributed by atoms with Crippen molar-refractivity contribution >= 4 is 16.7 Å². The van der Waals surface area contributed by atoms with Gasteiger partial charge >= 0.3 is 0 Å². The number of fused-ring (bicyclic) bond motifs is 1. The highest BCUT2D eigenvalue weighted by Crippen LogP contribution is 2.32. The van der Waals surface area contributed by atoms with Gasteiger partial charge in [-0.1, -0.05) is 6.07 Å². The van der Waals surface area contributed by atoms with Crippen LogP contribution in [-0.4, -0.2) is 4.92 Å². The molecule has 0 aliphatic carbocycles. The van der Waals surface area contributed by atoms with Crippen molar-refractivity contribution in [2.45, 2.75) is 0 Å². The number of nitro benzene ring substituents is 1. The van der Waals surface area contributed by atoms with Gasteiger partial charge in [-0.3, -0.25) is 10.1 Å². The van der Waals surface area contributed by atoms with Crippen LogP contribution in [-0.2, 0) is 0 Å². The molecule has 0 fully saturated rings. The van der Waals surface area contributed by atoms with Gasteiger partial charge in [0, 0.05) is 6.07 Å². The summed E-state index contributed by atoms with van der Waals surface area (Å²) in [5.74, 6) is -0.451. The Morgan fingerprint density at radius 2 is 2.00 bits per heavy atom. The van der Waals surface area contributed by atoms with Gasteiger partial charge in [0.05, 0.1) is 22.6 Å². The number of hydrogen-bond donors (Lipinski definition) is 0. The summed E-state index contributed by atoms with van der Waals surface area (Å²) >= 11 is 0. The molecule has 0 saturated heterocycles. The Balaban J connectivity index is 1.99. The largest absolute Gasteiger partial charge is 0.464 e. The molecule has 1 aromatic heterocycles. The zero-order valence-corrected chi connectivity index (χ0v) is 10.1. The molecule has 2 aromatic carbocycles. The highest BCUT2D eigenvalue weighted by molar-refractivity contribution is 5.84. The standard InChI is InChI=1S/C14H8FNO4/c15-11-8-9(16(17)18)4-5-14(11)20-13-3-1-2-12-10(13)6-7-19-12/h1-8H. The Kier molecular flexibility index (Phi) is 2.83. The van der Waals surface area contributed by atoms with Gasteiger partial charge in [-0.05, 0) is 24.3 Å². The van der Waals surface area contributed by atoms with Crippen LogP contribution in [0.15, 0.2) is 53.1 Å². The second-order valence-electron chi connectivity index (χ2n) is 4.06. The Bertz CT molecular complexity index is 797. The van der Waals surface area contributed by atoms with Crippen LogP contribution < -0.4 is 4.74 Å². The Labute approximate surface area is 112 Å². The average molecular weight is 273 g/mol. The van der Waals surface area contributed by atoms with Crippen LogP contribution in [0.3, 0.4) is 0 Å². The van der Waals surface area contributed by atoms with Crippen LogP contribution in [0.1, 0.15) is 0 Å². The van der Waals surface area contributed by atoms with Crippen molar-refractivity contribution in [3.05, 3.63) is 64.7 Å².